The van der Waals surface area contributed by atoms with Crippen LogP contribution in [0.2, 0.25) is 0 Å². The summed E-state index contributed by atoms with van der Waals surface area (Å²) in [5.41, 5.74) is 0. The minimum absolute atomic E-state index is 0.109. The van der Waals surface area contributed by atoms with Crippen LogP contribution in [0.1, 0.15) is 6.92 Å². The summed E-state index contributed by atoms with van der Waals surface area (Å²) < 4.78 is 11.2. The van der Waals surface area contributed by atoms with E-state index in [1.807, 2.05) is 4.90 Å². The van der Waals surface area contributed by atoms with Crippen LogP contribution in [-0.4, -0.2) is 64.8 Å². The first-order chi connectivity index (χ1) is 7.66. The van der Waals surface area contributed by atoms with Crippen molar-refractivity contribution in [2.24, 2.45) is 0 Å². The highest BCUT2D eigenvalue weighted by molar-refractivity contribution is 7.85. The van der Waals surface area contributed by atoms with E-state index in [0.29, 0.717) is 37.2 Å². The number of rotatable bonds is 1. The smallest absolute Gasteiger partial charge is 0.241 e. The fraction of sp³-hybridized carbons (Fsp3) is 0.900. The molecule has 2 N–H and O–H groups in total. The first-order valence-electron chi connectivity index (χ1n) is 5.77. The standard InChI is InChI=1S/C10H19N3O2S/c1-8-6-12-9(7-11-8)10(14)13-2-4-16(15)5-3-13/h8-9,11-12H,2-7H2,1H3. The quantitative estimate of drug-likeness (QED) is 0.592. The highest BCUT2D eigenvalue weighted by Gasteiger charge is 2.29. The van der Waals surface area contributed by atoms with Gasteiger partial charge in [0, 0.05) is 54.5 Å². The van der Waals surface area contributed by atoms with Gasteiger partial charge >= 0.3 is 0 Å². The number of hydrogen-bond donors (Lipinski definition) is 2. The number of carbonyl (C=O) groups is 1. The van der Waals surface area contributed by atoms with Crippen molar-refractivity contribution in [1.82, 2.24) is 15.5 Å². The number of amides is 1. The molecule has 2 heterocycles. The van der Waals surface area contributed by atoms with Crippen molar-refractivity contribution < 1.29 is 9.00 Å². The number of nitrogens with one attached hydrogen (secondary N) is 2. The van der Waals surface area contributed by atoms with E-state index < -0.39 is 10.8 Å². The largest absolute Gasteiger partial charge is 0.339 e. The lowest BCUT2D eigenvalue weighted by Gasteiger charge is -2.34. The molecule has 2 rings (SSSR count). The molecule has 92 valence electrons. The van der Waals surface area contributed by atoms with Gasteiger partial charge in [-0.3, -0.25) is 9.00 Å². The molecule has 0 aromatic heterocycles. The van der Waals surface area contributed by atoms with Gasteiger partial charge in [-0.1, -0.05) is 0 Å². The van der Waals surface area contributed by atoms with Crippen LogP contribution in [0.3, 0.4) is 0 Å². The maximum Gasteiger partial charge on any atom is 0.241 e. The first-order valence-corrected chi connectivity index (χ1v) is 7.26. The summed E-state index contributed by atoms with van der Waals surface area (Å²) in [4.78, 5) is 13.9. The number of hydrogen-bond acceptors (Lipinski definition) is 4. The lowest BCUT2D eigenvalue weighted by atomic mass is 10.1. The van der Waals surface area contributed by atoms with Crippen molar-refractivity contribution in [3.05, 3.63) is 0 Å². The van der Waals surface area contributed by atoms with Gasteiger partial charge in [0.15, 0.2) is 0 Å². The third-order valence-corrected chi connectivity index (χ3v) is 4.40. The molecule has 2 unspecified atom stereocenters. The molecule has 1 amide bonds. The van der Waals surface area contributed by atoms with Crippen LogP contribution in [0.4, 0.5) is 0 Å². The third-order valence-electron chi connectivity index (χ3n) is 3.13. The molecule has 0 radical (unpaired) electrons. The lowest BCUT2D eigenvalue weighted by Crippen LogP contribution is -2.60. The van der Waals surface area contributed by atoms with Crippen molar-refractivity contribution in [2.75, 3.05) is 37.7 Å². The van der Waals surface area contributed by atoms with Gasteiger partial charge < -0.3 is 15.5 Å². The average Bonchev–Trinajstić information content (AvgIpc) is 2.30. The van der Waals surface area contributed by atoms with E-state index in [2.05, 4.69) is 17.6 Å². The van der Waals surface area contributed by atoms with Crippen molar-refractivity contribution in [3.63, 3.8) is 0 Å². The topological polar surface area (TPSA) is 61.4 Å². The van der Waals surface area contributed by atoms with Gasteiger partial charge in [0.25, 0.3) is 0 Å². The van der Waals surface area contributed by atoms with Gasteiger partial charge in [-0.15, -0.1) is 0 Å². The van der Waals surface area contributed by atoms with Crippen LogP contribution in [0.25, 0.3) is 0 Å². The molecular formula is C10H19N3O2S. The molecule has 2 saturated heterocycles. The normalized spacial score (nSPS) is 32.7. The predicted octanol–water partition coefficient (Wildman–Crippen LogP) is -1.47. The molecule has 2 aliphatic rings. The molecule has 16 heavy (non-hydrogen) atoms. The Labute approximate surface area is 98.4 Å². The van der Waals surface area contributed by atoms with Gasteiger partial charge in [0.2, 0.25) is 5.91 Å². The van der Waals surface area contributed by atoms with E-state index >= 15 is 0 Å². The monoisotopic (exact) mass is 245 g/mol. The number of piperazine rings is 1. The second-order valence-corrected chi connectivity index (χ2v) is 6.14. The minimum atomic E-state index is -0.718. The van der Waals surface area contributed by atoms with Crippen LogP contribution >= 0.6 is 0 Å². The molecule has 0 bridgehead atoms. The maximum atomic E-state index is 12.1. The Morgan fingerprint density at radius 1 is 1.25 bits per heavy atom. The SMILES string of the molecule is CC1CNC(C(=O)N2CCS(=O)CC2)CN1. The van der Waals surface area contributed by atoms with Gasteiger partial charge in [0.1, 0.15) is 0 Å². The zero-order chi connectivity index (χ0) is 11.5. The summed E-state index contributed by atoms with van der Waals surface area (Å²) in [5, 5.41) is 6.54. The molecule has 2 atom stereocenters. The van der Waals surface area contributed by atoms with Crippen LogP contribution in [0, 0.1) is 0 Å². The van der Waals surface area contributed by atoms with E-state index in [4.69, 9.17) is 0 Å². The van der Waals surface area contributed by atoms with Crippen LogP contribution < -0.4 is 10.6 Å². The molecule has 0 spiro atoms. The molecule has 0 aromatic carbocycles. The Hall–Kier alpha value is -0.460. The van der Waals surface area contributed by atoms with Crippen LogP contribution in [0.5, 0.6) is 0 Å². The second-order valence-electron chi connectivity index (χ2n) is 4.44. The molecule has 0 saturated carbocycles. The van der Waals surface area contributed by atoms with Gasteiger partial charge in [-0.05, 0) is 6.92 Å². The highest BCUT2D eigenvalue weighted by Crippen LogP contribution is 2.04. The Morgan fingerprint density at radius 3 is 2.50 bits per heavy atom. The molecule has 6 heteroatoms. The number of carbonyl (C=O) groups excluding carboxylic acids is 1. The average molecular weight is 245 g/mol. The van der Waals surface area contributed by atoms with Gasteiger partial charge in [-0.25, -0.2) is 0 Å². The summed E-state index contributed by atoms with van der Waals surface area (Å²) in [6.45, 7) is 4.89. The predicted molar refractivity (Wildman–Crippen MR) is 63.7 cm³/mol. The fourth-order valence-corrected chi connectivity index (χ4v) is 3.09. The Bertz CT molecular complexity index is 280. The Balaban J connectivity index is 1.85. The van der Waals surface area contributed by atoms with Gasteiger partial charge in [-0.2, -0.15) is 0 Å². The molecule has 5 nitrogen and oxygen atoms in total. The third kappa shape index (κ3) is 2.81. The minimum Gasteiger partial charge on any atom is -0.339 e. The van der Waals surface area contributed by atoms with E-state index in [1.165, 1.54) is 0 Å². The summed E-state index contributed by atoms with van der Waals surface area (Å²) >= 11 is 0. The molecule has 0 aliphatic carbocycles. The van der Waals surface area contributed by atoms with Crippen molar-refractivity contribution >= 4 is 16.7 Å². The number of nitrogens with zero attached hydrogens (tertiary/aromatic N) is 1. The van der Waals surface area contributed by atoms with Crippen molar-refractivity contribution in [2.45, 2.75) is 19.0 Å². The molecule has 2 fully saturated rings. The van der Waals surface area contributed by atoms with Crippen LogP contribution in [0.15, 0.2) is 0 Å². The van der Waals surface area contributed by atoms with E-state index in [9.17, 15) is 9.00 Å². The lowest BCUT2D eigenvalue weighted by molar-refractivity contribution is -0.133. The Morgan fingerprint density at radius 2 is 1.94 bits per heavy atom. The Kier molecular flexibility index (Phi) is 3.94. The first kappa shape index (κ1) is 12.0. The fourth-order valence-electron chi connectivity index (χ4n) is 2.04. The van der Waals surface area contributed by atoms with Crippen LogP contribution in [-0.2, 0) is 15.6 Å². The highest BCUT2D eigenvalue weighted by atomic mass is 32.2. The van der Waals surface area contributed by atoms with E-state index in [-0.39, 0.29) is 11.9 Å². The van der Waals surface area contributed by atoms with Crippen molar-refractivity contribution in [3.8, 4) is 0 Å². The van der Waals surface area contributed by atoms with E-state index in [1.54, 1.807) is 0 Å². The molecule has 2 aliphatic heterocycles. The van der Waals surface area contributed by atoms with Crippen molar-refractivity contribution in [1.29, 1.82) is 0 Å². The van der Waals surface area contributed by atoms with E-state index in [0.717, 1.165) is 6.54 Å². The zero-order valence-corrected chi connectivity index (χ0v) is 10.4. The van der Waals surface area contributed by atoms with Gasteiger partial charge in [0.05, 0.1) is 6.04 Å². The zero-order valence-electron chi connectivity index (χ0n) is 9.57. The summed E-state index contributed by atoms with van der Waals surface area (Å²) in [6.07, 6.45) is 0. The summed E-state index contributed by atoms with van der Waals surface area (Å²) in [6, 6.07) is 0.320. The summed E-state index contributed by atoms with van der Waals surface area (Å²) in [5.74, 6) is 1.40. The summed E-state index contributed by atoms with van der Waals surface area (Å²) in [7, 11) is -0.718. The molecular weight excluding hydrogens is 226 g/mol. The molecule has 0 aromatic rings. The second kappa shape index (κ2) is 5.25. The maximum absolute atomic E-state index is 12.1.